The second-order valence-electron chi connectivity index (χ2n) is 7.57. The molecule has 0 aliphatic heterocycles. The lowest BCUT2D eigenvalue weighted by molar-refractivity contribution is -0.141. The molecule has 2 rings (SSSR count). The van der Waals surface area contributed by atoms with E-state index in [1.807, 2.05) is 0 Å². The Morgan fingerprint density at radius 1 is 1.04 bits per heavy atom. The van der Waals surface area contributed by atoms with Crippen LogP contribution >= 0.6 is 0 Å². The van der Waals surface area contributed by atoms with Gasteiger partial charge < -0.3 is 10.4 Å². The monoisotopic (exact) mass is 359 g/mol. The van der Waals surface area contributed by atoms with Crippen molar-refractivity contribution in [2.75, 3.05) is 0 Å². The molecule has 0 heterocycles. The van der Waals surface area contributed by atoms with E-state index in [0.717, 1.165) is 19.3 Å². The van der Waals surface area contributed by atoms with Crippen LogP contribution in [0.25, 0.3) is 0 Å². The van der Waals surface area contributed by atoms with Crippen LogP contribution in [0.3, 0.4) is 0 Å². The summed E-state index contributed by atoms with van der Waals surface area (Å²) in [5.41, 5.74) is 0. The Hall–Kier alpha value is -1.11. The molecular weight excluding hydrogens is 330 g/mol. The molecule has 24 heavy (non-hydrogen) atoms. The van der Waals surface area contributed by atoms with Crippen LogP contribution in [0.4, 0.5) is 0 Å². The molecule has 2 aliphatic rings. The number of rotatable bonds is 6. The first-order valence-corrected chi connectivity index (χ1v) is 10.6. The minimum Gasteiger partial charge on any atom is -0.481 e. The minimum atomic E-state index is -3.52. The van der Waals surface area contributed by atoms with Gasteiger partial charge in [0, 0.05) is 6.04 Å². The van der Waals surface area contributed by atoms with Gasteiger partial charge in [-0.3, -0.25) is 9.59 Å². The summed E-state index contributed by atoms with van der Waals surface area (Å²) in [6.45, 7) is 3.53. The van der Waals surface area contributed by atoms with Crippen molar-refractivity contribution in [1.82, 2.24) is 5.32 Å². The summed E-state index contributed by atoms with van der Waals surface area (Å²) in [6.07, 6.45) is 5.66. The molecule has 2 fully saturated rings. The highest BCUT2D eigenvalue weighted by molar-refractivity contribution is 7.93. The van der Waals surface area contributed by atoms with Gasteiger partial charge in [0.25, 0.3) is 0 Å². The molecule has 0 aromatic rings. The van der Waals surface area contributed by atoms with Crippen molar-refractivity contribution in [3.63, 3.8) is 0 Å². The van der Waals surface area contributed by atoms with E-state index in [9.17, 15) is 18.0 Å². The molecule has 0 bridgehead atoms. The quantitative estimate of drug-likeness (QED) is 0.756. The van der Waals surface area contributed by atoms with Crippen LogP contribution in [0.1, 0.15) is 65.2 Å². The first kappa shape index (κ1) is 19.2. The fourth-order valence-electron chi connectivity index (χ4n) is 4.05. The predicted octanol–water partition coefficient (Wildman–Crippen LogP) is 2.13. The Balaban J connectivity index is 2.06. The number of carboxylic acids is 1. The molecule has 2 saturated carbocycles. The van der Waals surface area contributed by atoms with Gasteiger partial charge in [-0.15, -0.1) is 0 Å². The van der Waals surface area contributed by atoms with Crippen molar-refractivity contribution in [3.8, 4) is 0 Å². The molecule has 2 N–H and O–H groups in total. The maximum absolute atomic E-state index is 13.0. The van der Waals surface area contributed by atoms with E-state index in [4.69, 9.17) is 5.11 Å². The molecule has 3 atom stereocenters. The summed E-state index contributed by atoms with van der Waals surface area (Å²) in [4.78, 5) is 23.7. The number of hydrogen-bond donors (Lipinski definition) is 2. The van der Waals surface area contributed by atoms with Crippen LogP contribution in [0.2, 0.25) is 0 Å². The molecule has 1 amide bonds. The number of carbonyl (C=O) groups is 2. The summed E-state index contributed by atoms with van der Waals surface area (Å²) in [6, 6.07) is -0.235. The van der Waals surface area contributed by atoms with Crippen LogP contribution in [0, 0.1) is 11.8 Å². The zero-order valence-electron chi connectivity index (χ0n) is 14.5. The van der Waals surface area contributed by atoms with E-state index in [1.54, 1.807) is 13.8 Å². The Kier molecular flexibility index (Phi) is 6.28. The van der Waals surface area contributed by atoms with Gasteiger partial charge in [-0.25, -0.2) is 8.42 Å². The number of amides is 1. The molecule has 138 valence electrons. The van der Waals surface area contributed by atoms with Crippen molar-refractivity contribution in [1.29, 1.82) is 0 Å². The third kappa shape index (κ3) is 4.29. The zero-order valence-corrected chi connectivity index (χ0v) is 15.3. The molecule has 1 unspecified atom stereocenters. The Morgan fingerprint density at radius 2 is 1.67 bits per heavy atom. The van der Waals surface area contributed by atoms with Crippen LogP contribution in [-0.2, 0) is 19.4 Å². The first-order valence-electron chi connectivity index (χ1n) is 8.99. The molecule has 0 aromatic carbocycles. The van der Waals surface area contributed by atoms with Crippen molar-refractivity contribution in [3.05, 3.63) is 0 Å². The largest absolute Gasteiger partial charge is 0.481 e. The fourth-order valence-corrected chi connectivity index (χ4v) is 6.58. The highest BCUT2D eigenvalue weighted by atomic mass is 32.2. The lowest BCUT2D eigenvalue weighted by Gasteiger charge is -2.29. The van der Waals surface area contributed by atoms with E-state index in [1.165, 1.54) is 0 Å². The lowest BCUT2D eigenvalue weighted by Crippen LogP contribution is -2.49. The van der Waals surface area contributed by atoms with Gasteiger partial charge >= 0.3 is 5.97 Å². The van der Waals surface area contributed by atoms with Gasteiger partial charge in [0.05, 0.1) is 11.2 Å². The molecule has 0 saturated heterocycles. The molecule has 0 spiro atoms. The topological polar surface area (TPSA) is 101 Å². The summed E-state index contributed by atoms with van der Waals surface area (Å²) in [5, 5.41) is 10.4. The Morgan fingerprint density at radius 3 is 2.17 bits per heavy atom. The first-order chi connectivity index (χ1) is 11.2. The van der Waals surface area contributed by atoms with Crippen LogP contribution in [0.15, 0.2) is 0 Å². The van der Waals surface area contributed by atoms with Gasteiger partial charge in [0.2, 0.25) is 5.91 Å². The second-order valence-corrected chi connectivity index (χ2v) is 9.92. The van der Waals surface area contributed by atoms with Crippen molar-refractivity contribution < 1.29 is 23.1 Å². The third-order valence-corrected chi connectivity index (χ3v) is 8.23. The van der Waals surface area contributed by atoms with E-state index < -0.39 is 38.1 Å². The molecule has 7 heteroatoms. The lowest BCUT2D eigenvalue weighted by atomic mass is 10.0. The number of nitrogens with one attached hydrogen (secondary N) is 1. The summed E-state index contributed by atoms with van der Waals surface area (Å²) in [5.74, 6) is -2.04. The van der Waals surface area contributed by atoms with Crippen LogP contribution in [0.5, 0.6) is 0 Å². The van der Waals surface area contributed by atoms with Crippen molar-refractivity contribution in [2.45, 2.75) is 81.8 Å². The van der Waals surface area contributed by atoms with Crippen molar-refractivity contribution >= 4 is 21.7 Å². The average Bonchev–Trinajstić information content (AvgIpc) is 2.96. The van der Waals surface area contributed by atoms with E-state index in [0.29, 0.717) is 32.1 Å². The number of carboxylic acid groups (broad SMARTS) is 1. The van der Waals surface area contributed by atoms with Crippen LogP contribution in [-0.4, -0.2) is 41.9 Å². The van der Waals surface area contributed by atoms with Gasteiger partial charge in [-0.2, -0.15) is 0 Å². The minimum absolute atomic E-state index is 0.235. The standard InChI is InChI=1S/C17H29NO5S/c1-11(2)15(24(22,23)14-6-4-3-5-7-14)16(19)18-13-9-8-12(10-13)17(20)21/h11-15H,3-10H2,1-2H3,(H,18,19)(H,20,21)/t12-,13+,15?/m0/s1. The summed E-state index contributed by atoms with van der Waals surface area (Å²) >= 11 is 0. The molecule has 6 nitrogen and oxygen atoms in total. The molecule has 2 aliphatic carbocycles. The fraction of sp³-hybridized carbons (Fsp3) is 0.882. The Bertz CT molecular complexity index is 566. The number of aliphatic carboxylic acids is 1. The van der Waals surface area contributed by atoms with Gasteiger partial charge in [-0.1, -0.05) is 33.1 Å². The van der Waals surface area contributed by atoms with E-state index in [2.05, 4.69) is 5.32 Å². The predicted molar refractivity (Wildman–Crippen MR) is 91.3 cm³/mol. The number of hydrogen-bond acceptors (Lipinski definition) is 4. The molecule has 0 radical (unpaired) electrons. The zero-order chi connectivity index (χ0) is 17.9. The second kappa shape index (κ2) is 7.85. The SMILES string of the molecule is CC(C)C(C(=O)N[C@@H]1CC[C@H](C(=O)O)C1)S(=O)(=O)C1CCCCC1. The van der Waals surface area contributed by atoms with Gasteiger partial charge in [0.1, 0.15) is 5.25 Å². The maximum Gasteiger partial charge on any atom is 0.306 e. The summed E-state index contributed by atoms with van der Waals surface area (Å²) < 4.78 is 25.9. The maximum atomic E-state index is 13.0. The number of carbonyl (C=O) groups excluding carboxylic acids is 1. The van der Waals surface area contributed by atoms with Gasteiger partial charge in [-0.05, 0) is 38.0 Å². The Labute approximate surface area is 144 Å². The van der Waals surface area contributed by atoms with E-state index in [-0.39, 0.29) is 12.0 Å². The van der Waals surface area contributed by atoms with Gasteiger partial charge in [0.15, 0.2) is 9.84 Å². The number of sulfone groups is 1. The average molecular weight is 359 g/mol. The van der Waals surface area contributed by atoms with Crippen molar-refractivity contribution in [2.24, 2.45) is 11.8 Å². The molecular formula is C17H29NO5S. The third-order valence-electron chi connectivity index (χ3n) is 5.36. The normalized spacial score (nSPS) is 27.1. The van der Waals surface area contributed by atoms with E-state index >= 15 is 0 Å². The smallest absolute Gasteiger partial charge is 0.306 e. The highest BCUT2D eigenvalue weighted by Crippen LogP contribution is 2.30. The van der Waals surface area contributed by atoms with Crippen LogP contribution < -0.4 is 5.32 Å². The highest BCUT2D eigenvalue weighted by Gasteiger charge is 2.42. The summed E-state index contributed by atoms with van der Waals surface area (Å²) in [7, 11) is -3.52. The molecule has 0 aromatic heterocycles.